The van der Waals surface area contributed by atoms with E-state index < -0.39 is 0 Å². The molecule has 0 heterocycles. The van der Waals surface area contributed by atoms with Gasteiger partial charge in [0.15, 0.2) is 0 Å². The summed E-state index contributed by atoms with van der Waals surface area (Å²) < 4.78 is 0. The Morgan fingerprint density at radius 2 is 1.93 bits per heavy atom. The van der Waals surface area contributed by atoms with Gasteiger partial charge in [-0.1, -0.05) is 38.1 Å². The van der Waals surface area contributed by atoms with E-state index in [9.17, 15) is 0 Å². The second-order valence-corrected chi connectivity index (χ2v) is 4.28. The normalized spacial score (nSPS) is 10.9. The van der Waals surface area contributed by atoms with Crippen LogP contribution in [0.25, 0.3) is 0 Å². The maximum absolute atomic E-state index is 3.18. The van der Waals surface area contributed by atoms with Gasteiger partial charge in [-0.2, -0.15) is 0 Å². The molecule has 0 aliphatic rings. The van der Waals surface area contributed by atoms with E-state index in [-0.39, 0.29) is 0 Å². The van der Waals surface area contributed by atoms with Crippen molar-refractivity contribution in [1.82, 2.24) is 5.32 Å². The van der Waals surface area contributed by atoms with Crippen molar-refractivity contribution in [3.05, 3.63) is 35.4 Å². The van der Waals surface area contributed by atoms with E-state index in [0.717, 1.165) is 12.5 Å². The Morgan fingerprint density at radius 1 is 1.21 bits per heavy atom. The third-order valence-electron chi connectivity index (χ3n) is 2.38. The monoisotopic (exact) mass is 191 g/mol. The number of nitrogens with one attached hydrogen (secondary N) is 1. The highest BCUT2D eigenvalue weighted by atomic mass is 14.8. The van der Waals surface area contributed by atoms with Crippen LogP contribution in [0.5, 0.6) is 0 Å². The second-order valence-electron chi connectivity index (χ2n) is 4.28. The van der Waals surface area contributed by atoms with Crippen molar-refractivity contribution in [1.29, 1.82) is 0 Å². The Balaban J connectivity index is 2.54. The highest BCUT2D eigenvalue weighted by molar-refractivity contribution is 5.23. The van der Waals surface area contributed by atoms with Gasteiger partial charge < -0.3 is 5.32 Å². The van der Waals surface area contributed by atoms with Crippen LogP contribution in [0.3, 0.4) is 0 Å². The number of benzene rings is 1. The SMILES string of the molecule is CNCc1cccc(CCC(C)C)c1. The molecule has 0 spiro atoms. The third kappa shape index (κ3) is 3.93. The molecule has 1 aromatic rings. The molecule has 0 fully saturated rings. The molecule has 0 aliphatic carbocycles. The first kappa shape index (κ1) is 11.3. The minimum absolute atomic E-state index is 0.794. The summed E-state index contributed by atoms with van der Waals surface area (Å²) in [7, 11) is 1.99. The Kier molecular flexibility index (Phi) is 4.68. The molecule has 0 unspecified atom stereocenters. The molecule has 1 rings (SSSR count). The standard InChI is InChI=1S/C13H21N/c1-11(2)7-8-12-5-4-6-13(9-12)10-14-3/h4-6,9,11,14H,7-8,10H2,1-3H3. The first-order chi connectivity index (χ1) is 6.72. The fourth-order valence-electron chi connectivity index (χ4n) is 1.55. The van der Waals surface area contributed by atoms with Crippen molar-refractivity contribution in [2.24, 2.45) is 5.92 Å². The van der Waals surface area contributed by atoms with Gasteiger partial charge in [-0.3, -0.25) is 0 Å². The molecule has 0 radical (unpaired) electrons. The van der Waals surface area contributed by atoms with Crippen LogP contribution < -0.4 is 5.32 Å². The van der Waals surface area contributed by atoms with E-state index >= 15 is 0 Å². The molecule has 14 heavy (non-hydrogen) atoms. The first-order valence-electron chi connectivity index (χ1n) is 5.44. The fourth-order valence-corrected chi connectivity index (χ4v) is 1.55. The average Bonchev–Trinajstić information content (AvgIpc) is 2.16. The van der Waals surface area contributed by atoms with Crippen LogP contribution in [0.1, 0.15) is 31.4 Å². The van der Waals surface area contributed by atoms with Crippen molar-refractivity contribution >= 4 is 0 Å². The molecule has 0 amide bonds. The lowest BCUT2D eigenvalue weighted by Gasteiger charge is -2.06. The van der Waals surface area contributed by atoms with E-state index in [0.29, 0.717) is 0 Å². The first-order valence-corrected chi connectivity index (χ1v) is 5.44. The number of hydrogen-bond acceptors (Lipinski definition) is 1. The van der Waals surface area contributed by atoms with Crippen molar-refractivity contribution in [2.75, 3.05) is 7.05 Å². The van der Waals surface area contributed by atoms with Crippen LogP contribution in [0.2, 0.25) is 0 Å². The maximum atomic E-state index is 3.18. The predicted molar refractivity (Wildman–Crippen MR) is 62.4 cm³/mol. The molecule has 1 heteroatoms. The molecule has 0 atom stereocenters. The summed E-state index contributed by atoms with van der Waals surface area (Å²) in [5.41, 5.74) is 2.85. The van der Waals surface area contributed by atoms with E-state index in [4.69, 9.17) is 0 Å². The zero-order valence-corrected chi connectivity index (χ0v) is 9.51. The number of aryl methyl sites for hydroxylation is 1. The molecule has 0 bridgehead atoms. The van der Waals surface area contributed by atoms with E-state index in [1.165, 1.54) is 24.0 Å². The summed E-state index contributed by atoms with van der Waals surface area (Å²) in [5, 5.41) is 3.18. The quantitative estimate of drug-likeness (QED) is 0.754. The fraction of sp³-hybridized carbons (Fsp3) is 0.538. The lowest BCUT2D eigenvalue weighted by molar-refractivity contribution is 0.586. The lowest BCUT2D eigenvalue weighted by atomic mass is 10.0. The van der Waals surface area contributed by atoms with Crippen LogP contribution in [-0.4, -0.2) is 7.05 Å². The molecule has 0 aliphatic heterocycles. The molecule has 0 saturated carbocycles. The topological polar surface area (TPSA) is 12.0 Å². The molecule has 0 aromatic heterocycles. The molecular formula is C13H21N. The van der Waals surface area contributed by atoms with Crippen molar-refractivity contribution in [2.45, 2.75) is 33.2 Å². The van der Waals surface area contributed by atoms with Gasteiger partial charge in [-0.25, -0.2) is 0 Å². The van der Waals surface area contributed by atoms with Crippen LogP contribution in [0, 0.1) is 5.92 Å². The van der Waals surface area contributed by atoms with Gasteiger partial charge in [0.2, 0.25) is 0 Å². The van der Waals surface area contributed by atoms with E-state index in [1.54, 1.807) is 0 Å². The zero-order chi connectivity index (χ0) is 10.4. The smallest absolute Gasteiger partial charge is 0.0202 e. The summed E-state index contributed by atoms with van der Waals surface area (Å²) in [6, 6.07) is 8.86. The van der Waals surface area contributed by atoms with Gasteiger partial charge in [0.25, 0.3) is 0 Å². The summed E-state index contributed by atoms with van der Waals surface area (Å²) in [5.74, 6) is 0.794. The number of hydrogen-bond donors (Lipinski definition) is 1. The molecule has 78 valence electrons. The largest absolute Gasteiger partial charge is 0.316 e. The van der Waals surface area contributed by atoms with Gasteiger partial charge in [0.1, 0.15) is 0 Å². The Labute approximate surface area is 87.5 Å². The molecule has 1 N–H and O–H groups in total. The molecule has 1 aromatic carbocycles. The minimum Gasteiger partial charge on any atom is -0.316 e. The predicted octanol–water partition coefficient (Wildman–Crippen LogP) is 2.99. The Hall–Kier alpha value is -0.820. The van der Waals surface area contributed by atoms with Gasteiger partial charge in [0.05, 0.1) is 0 Å². The summed E-state index contributed by atoms with van der Waals surface area (Å²) in [6.45, 7) is 5.52. The lowest BCUT2D eigenvalue weighted by Crippen LogP contribution is -2.05. The number of rotatable bonds is 5. The van der Waals surface area contributed by atoms with Crippen molar-refractivity contribution in [3.63, 3.8) is 0 Å². The zero-order valence-electron chi connectivity index (χ0n) is 9.51. The minimum atomic E-state index is 0.794. The molecule has 0 saturated heterocycles. The summed E-state index contributed by atoms with van der Waals surface area (Å²) in [4.78, 5) is 0. The Morgan fingerprint density at radius 3 is 2.57 bits per heavy atom. The molecule has 1 nitrogen and oxygen atoms in total. The van der Waals surface area contributed by atoms with Crippen LogP contribution in [0.15, 0.2) is 24.3 Å². The summed E-state index contributed by atoms with van der Waals surface area (Å²) >= 11 is 0. The summed E-state index contributed by atoms with van der Waals surface area (Å²) in [6.07, 6.45) is 2.48. The average molecular weight is 191 g/mol. The highest BCUT2D eigenvalue weighted by Gasteiger charge is 1.98. The van der Waals surface area contributed by atoms with Crippen LogP contribution in [-0.2, 0) is 13.0 Å². The highest BCUT2D eigenvalue weighted by Crippen LogP contribution is 2.10. The van der Waals surface area contributed by atoms with E-state index in [2.05, 4.69) is 43.4 Å². The van der Waals surface area contributed by atoms with Gasteiger partial charge in [0, 0.05) is 6.54 Å². The Bertz CT molecular complexity index is 266. The van der Waals surface area contributed by atoms with Crippen LogP contribution >= 0.6 is 0 Å². The van der Waals surface area contributed by atoms with Gasteiger partial charge in [-0.15, -0.1) is 0 Å². The van der Waals surface area contributed by atoms with Crippen molar-refractivity contribution < 1.29 is 0 Å². The van der Waals surface area contributed by atoms with Crippen molar-refractivity contribution in [3.8, 4) is 0 Å². The maximum Gasteiger partial charge on any atom is 0.0202 e. The van der Waals surface area contributed by atoms with E-state index in [1.807, 2.05) is 7.05 Å². The second kappa shape index (κ2) is 5.82. The van der Waals surface area contributed by atoms with Gasteiger partial charge >= 0.3 is 0 Å². The third-order valence-corrected chi connectivity index (χ3v) is 2.38. The van der Waals surface area contributed by atoms with Gasteiger partial charge in [-0.05, 0) is 36.9 Å². The van der Waals surface area contributed by atoms with Crippen LogP contribution in [0.4, 0.5) is 0 Å². The molecular weight excluding hydrogens is 170 g/mol.